The Hall–Kier alpha value is -1.06. The van der Waals surface area contributed by atoms with E-state index in [0.717, 1.165) is 30.5 Å². The van der Waals surface area contributed by atoms with Gasteiger partial charge < -0.3 is 15.5 Å². The highest BCUT2D eigenvalue weighted by Gasteiger charge is 2.41. The van der Waals surface area contributed by atoms with Crippen LogP contribution >= 0.6 is 0 Å². The van der Waals surface area contributed by atoms with E-state index in [4.69, 9.17) is 0 Å². The molecular weight excluding hydrogens is 214 g/mol. The average Bonchev–Trinajstić information content (AvgIpc) is 3.10. The minimum absolute atomic E-state index is 0.105. The Balaban J connectivity index is 1.99. The Kier molecular flexibility index (Phi) is 3.40. The number of phenols is 1. The van der Waals surface area contributed by atoms with Gasteiger partial charge in [0.15, 0.2) is 0 Å². The van der Waals surface area contributed by atoms with E-state index in [2.05, 4.69) is 5.32 Å². The zero-order chi connectivity index (χ0) is 12.5. The molecule has 1 aliphatic rings. The number of rotatable bonds is 5. The van der Waals surface area contributed by atoms with Crippen molar-refractivity contribution in [2.45, 2.75) is 32.7 Å². The van der Waals surface area contributed by atoms with Gasteiger partial charge >= 0.3 is 0 Å². The first kappa shape index (κ1) is 12.4. The Labute approximate surface area is 102 Å². The Morgan fingerprint density at radius 3 is 2.71 bits per heavy atom. The molecule has 94 valence electrons. The number of aliphatic hydroxyl groups excluding tert-OH is 1. The number of phenolic OH excluding ortho intramolecular Hbond substituents is 1. The van der Waals surface area contributed by atoms with Gasteiger partial charge in [-0.1, -0.05) is 17.7 Å². The molecule has 3 heteroatoms. The molecule has 3 N–H and O–H groups in total. The summed E-state index contributed by atoms with van der Waals surface area (Å²) in [7, 11) is 0. The van der Waals surface area contributed by atoms with Crippen LogP contribution in [0.2, 0.25) is 0 Å². The second-order valence-corrected chi connectivity index (χ2v) is 5.32. The lowest BCUT2D eigenvalue weighted by Gasteiger charge is -2.19. The third kappa shape index (κ3) is 2.79. The zero-order valence-corrected chi connectivity index (χ0v) is 10.5. The second kappa shape index (κ2) is 4.67. The summed E-state index contributed by atoms with van der Waals surface area (Å²) in [4.78, 5) is 0. The first-order valence-corrected chi connectivity index (χ1v) is 6.20. The van der Waals surface area contributed by atoms with Gasteiger partial charge in [-0.15, -0.1) is 0 Å². The smallest absolute Gasteiger partial charge is 0.120 e. The van der Waals surface area contributed by atoms with Gasteiger partial charge in [0.05, 0.1) is 0 Å². The van der Waals surface area contributed by atoms with Crippen LogP contribution in [0.25, 0.3) is 0 Å². The molecule has 1 atom stereocenters. The van der Waals surface area contributed by atoms with E-state index in [1.165, 1.54) is 0 Å². The number of hydrogen-bond acceptors (Lipinski definition) is 3. The first-order chi connectivity index (χ1) is 8.06. The number of aryl methyl sites for hydroxylation is 1. The zero-order valence-electron chi connectivity index (χ0n) is 10.5. The van der Waals surface area contributed by atoms with Gasteiger partial charge in [0, 0.05) is 30.2 Å². The Morgan fingerprint density at radius 2 is 2.12 bits per heavy atom. The van der Waals surface area contributed by atoms with Crippen molar-refractivity contribution in [2.24, 2.45) is 5.41 Å². The van der Waals surface area contributed by atoms with E-state index in [1.54, 1.807) is 6.07 Å². The molecule has 0 bridgehead atoms. The summed E-state index contributed by atoms with van der Waals surface area (Å²) in [6.07, 6.45) is 2.20. The van der Waals surface area contributed by atoms with Crippen molar-refractivity contribution in [2.75, 3.05) is 13.2 Å². The average molecular weight is 235 g/mol. The number of aliphatic hydroxyl groups is 1. The molecule has 1 unspecified atom stereocenters. The highest BCUT2D eigenvalue weighted by Crippen LogP contribution is 2.44. The van der Waals surface area contributed by atoms with Gasteiger partial charge in [-0.25, -0.2) is 0 Å². The number of aromatic hydroxyl groups is 1. The van der Waals surface area contributed by atoms with Crippen LogP contribution in [0, 0.1) is 12.3 Å². The van der Waals surface area contributed by atoms with E-state index < -0.39 is 0 Å². The summed E-state index contributed by atoms with van der Waals surface area (Å²) in [5.74, 6) is 0.337. The quantitative estimate of drug-likeness (QED) is 0.732. The van der Waals surface area contributed by atoms with Crippen molar-refractivity contribution < 1.29 is 10.2 Å². The first-order valence-electron chi connectivity index (χ1n) is 6.20. The van der Waals surface area contributed by atoms with E-state index >= 15 is 0 Å². The highest BCUT2D eigenvalue weighted by molar-refractivity contribution is 5.37. The van der Waals surface area contributed by atoms with Gasteiger partial charge in [0.25, 0.3) is 0 Å². The minimum Gasteiger partial charge on any atom is -0.508 e. The highest BCUT2D eigenvalue weighted by atomic mass is 16.3. The molecule has 0 spiro atoms. The van der Waals surface area contributed by atoms with Crippen molar-refractivity contribution in [3.63, 3.8) is 0 Å². The molecule has 3 nitrogen and oxygen atoms in total. The Morgan fingerprint density at radius 1 is 1.41 bits per heavy atom. The van der Waals surface area contributed by atoms with Gasteiger partial charge in [0.1, 0.15) is 5.75 Å². The van der Waals surface area contributed by atoms with E-state index in [-0.39, 0.29) is 18.1 Å². The van der Waals surface area contributed by atoms with Crippen molar-refractivity contribution in [3.05, 3.63) is 29.3 Å². The summed E-state index contributed by atoms with van der Waals surface area (Å²) < 4.78 is 0. The molecule has 0 radical (unpaired) electrons. The van der Waals surface area contributed by atoms with E-state index in [1.807, 2.05) is 26.0 Å². The fourth-order valence-electron chi connectivity index (χ4n) is 2.07. The molecule has 0 saturated heterocycles. The second-order valence-electron chi connectivity index (χ2n) is 5.32. The monoisotopic (exact) mass is 235 g/mol. The lowest BCUT2D eigenvalue weighted by atomic mass is 10.0. The van der Waals surface area contributed by atoms with Crippen molar-refractivity contribution >= 4 is 0 Å². The lowest BCUT2D eigenvalue weighted by Crippen LogP contribution is -2.28. The van der Waals surface area contributed by atoms with Crippen LogP contribution in [0.3, 0.4) is 0 Å². The van der Waals surface area contributed by atoms with Crippen LogP contribution in [0.4, 0.5) is 0 Å². The molecule has 0 aliphatic heterocycles. The van der Waals surface area contributed by atoms with Gasteiger partial charge in [-0.05, 0) is 32.8 Å². The van der Waals surface area contributed by atoms with Crippen molar-refractivity contribution in [3.8, 4) is 5.75 Å². The normalized spacial score (nSPS) is 19.0. The Bertz CT molecular complexity index is 399. The third-order valence-corrected chi connectivity index (χ3v) is 3.73. The van der Waals surface area contributed by atoms with Gasteiger partial charge in [-0.3, -0.25) is 0 Å². The molecular formula is C14H21NO2. The summed E-state index contributed by atoms with van der Waals surface area (Å²) in [5, 5.41) is 22.5. The third-order valence-electron chi connectivity index (χ3n) is 3.73. The van der Waals surface area contributed by atoms with Crippen molar-refractivity contribution in [1.82, 2.24) is 5.32 Å². The molecule has 1 aliphatic carbocycles. The van der Waals surface area contributed by atoms with Crippen LogP contribution in [0.1, 0.15) is 36.9 Å². The minimum atomic E-state index is 0.105. The summed E-state index contributed by atoms with van der Waals surface area (Å²) >= 11 is 0. The van der Waals surface area contributed by atoms with Gasteiger partial charge in [-0.2, -0.15) is 0 Å². The summed E-state index contributed by atoms with van der Waals surface area (Å²) in [6.45, 7) is 5.14. The predicted octanol–water partition coefficient (Wildman–Crippen LogP) is 2.12. The fourth-order valence-corrected chi connectivity index (χ4v) is 2.07. The SMILES string of the molecule is Cc1ccc(O)c(C(C)NCC2(CO)CC2)c1. The van der Waals surface area contributed by atoms with E-state index in [9.17, 15) is 10.2 Å². The number of hydrogen-bond donors (Lipinski definition) is 3. The fraction of sp³-hybridized carbons (Fsp3) is 0.571. The predicted molar refractivity (Wildman–Crippen MR) is 68.0 cm³/mol. The van der Waals surface area contributed by atoms with Crippen LogP contribution < -0.4 is 5.32 Å². The van der Waals surface area contributed by atoms with Crippen LogP contribution in [0.5, 0.6) is 5.75 Å². The summed E-state index contributed by atoms with van der Waals surface area (Å²) in [6, 6.07) is 5.76. The van der Waals surface area contributed by atoms with Crippen molar-refractivity contribution in [1.29, 1.82) is 0 Å². The molecule has 1 fully saturated rings. The molecule has 0 amide bonds. The van der Waals surface area contributed by atoms with Crippen LogP contribution in [-0.4, -0.2) is 23.4 Å². The number of nitrogens with one attached hydrogen (secondary N) is 1. The van der Waals surface area contributed by atoms with E-state index in [0.29, 0.717) is 5.75 Å². The van der Waals surface area contributed by atoms with Crippen LogP contribution in [-0.2, 0) is 0 Å². The maximum Gasteiger partial charge on any atom is 0.120 e. The molecule has 0 aromatic heterocycles. The largest absolute Gasteiger partial charge is 0.508 e. The maximum absolute atomic E-state index is 9.82. The maximum atomic E-state index is 9.82. The lowest BCUT2D eigenvalue weighted by molar-refractivity contribution is 0.204. The van der Waals surface area contributed by atoms with Gasteiger partial charge in [0.2, 0.25) is 0 Å². The molecule has 17 heavy (non-hydrogen) atoms. The molecule has 1 aromatic carbocycles. The topological polar surface area (TPSA) is 52.5 Å². The molecule has 2 rings (SSSR count). The van der Waals surface area contributed by atoms with Crippen LogP contribution in [0.15, 0.2) is 18.2 Å². The number of benzene rings is 1. The molecule has 1 aromatic rings. The molecule has 1 saturated carbocycles. The molecule has 0 heterocycles. The standard InChI is InChI=1S/C14H21NO2/c1-10-3-4-13(17)12(7-10)11(2)15-8-14(9-16)5-6-14/h3-4,7,11,15-17H,5-6,8-9H2,1-2H3. The summed E-state index contributed by atoms with van der Waals surface area (Å²) in [5.41, 5.74) is 2.18.